The first-order valence-corrected chi connectivity index (χ1v) is 6.98. The molecule has 0 bridgehead atoms. The topological polar surface area (TPSA) is 76.1 Å². The van der Waals surface area contributed by atoms with Crippen LogP contribution in [0.2, 0.25) is 0 Å². The Morgan fingerprint density at radius 1 is 1.32 bits per heavy atom. The lowest BCUT2D eigenvalue weighted by Gasteiger charge is -2.31. The predicted octanol–water partition coefficient (Wildman–Crippen LogP) is 2.21. The predicted molar refractivity (Wildman–Crippen MR) is 78.4 cm³/mol. The summed E-state index contributed by atoms with van der Waals surface area (Å²) in [4.78, 5) is 25.3. The van der Waals surface area contributed by atoms with E-state index >= 15 is 0 Å². The van der Waals surface area contributed by atoms with Crippen molar-refractivity contribution in [2.75, 3.05) is 7.11 Å². The number of benzene rings is 1. The van der Waals surface area contributed by atoms with Gasteiger partial charge in [-0.2, -0.15) is 0 Å². The van der Waals surface area contributed by atoms with Crippen molar-refractivity contribution >= 4 is 12.1 Å². The van der Waals surface area contributed by atoms with Crippen molar-refractivity contribution in [1.29, 1.82) is 0 Å². The summed E-state index contributed by atoms with van der Waals surface area (Å²) in [6, 6.07) is 8.96. The number of carbonyl (C=O) groups excluding carboxylic acids is 2. The molecule has 0 saturated carbocycles. The van der Waals surface area contributed by atoms with E-state index in [1.807, 2.05) is 37.3 Å². The maximum atomic E-state index is 12.2. The van der Waals surface area contributed by atoms with Gasteiger partial charge >= 0.3 is 12.1 Å². The smallest absolute Gasteiger partial charge is 0.414 e. The molecule has 3 unspecified atom stereocenters. The number of aliphatic hydroxyl groups is 1. The lowest BCUT2D eigenvalue weighted by atomic mass is 9.98. The molecule has 22 heavy (non-hydrogen) atoms. The van der Waals surface area contributed by atoms with Gasteiger partial charge < -0.3 is 14.6 Å². The van der Waals surface area contributed by atoms with Gasteiger partial charge in [0.05, 0.1) is 25.0 Å². The zero-order valence-corrected chi connectivity index (χ0v) is 12.7. The van der Waals surface area contributed by atoms with E-state index in [0.29, 0.717) is 5.70 Å². The number of methoxy groups -OCH3 is 1. The minimum Gasteiger partial charge on any atom is -0.452 e. The van der Waals surface area contributed by atoms with E-state index in [9.17, 15) is 14.7 Å². The van der Waals surface area contributed by atoms with E-state index in [2.05, 4.69) is 0 Å². The summed E-state index contributed by atoms with van der Waals surface area (Å²) in [5.41, 5.74) is 1.17. The van der Waals surface area contributed by atoms with E-state index in [0.717, 1.165) is 5.56 Å². The highest BCUT2D eigenvalue weighted by Crippen LogP contribution is 2.34. The van der Waals surface area contributed by atoms with Crippen LogP contribution in [0.5, 0.6) is 0 Å². The number of nitrogens with zero attached hydrogens (tertiary/aromatic N) is 1. The molecule has 0 fully saturated rings. The zero-order valence-electron chi connectivity index (χ0n) is 12.7. The van der Waals surface area contributed by atoms with Gasteiger partial charge in [-0.3, -0.25) is 9.69 Å². The van der Waals surface area contributed by atoms with Gasteiger partial charge in [-0.1, -0.05) is 30.3 Å². The van der Waals surface area contributed by atoms with Crippen molar-refractivity contribution in [2.45, 2.75) is 26.0 Å². The summed E-state index contributed by atoms with van der Waals surface area (Å²) in [5, 5.41) is 9.83. The van der Waals surface area contributed by atoms with Gasteiger partial charge in [0.15, 0.2) is 0 Å². The minimum absolute atomic E-state index is 0.295. The molecule has 6 heteroatoms. The van der Waals surface area contributed by atoms with E-state index in [1.165, 1.54) is 25.2 Å². The number of hydrogen-bond donors (Lipinski definition) is 1. The third kappa shape index (κ3) is 2.96. The van der Waals surface area contributed by atoms with Crippen molar-refractivity contribution in [3.63, 3.8) is 0 Å². The molecule has 118 valence electrons. The Labute approximate surface area is 128 Å². The van der Waals surface area contributed by atoms with Crippen molar-refractivity contribution in [2.24, 2.45) is 5.92 Å². The maximum absolute atomic E-state index is 12.2. The molecule has 0 spiro atoms. The number of carbonyl (C=O) groups is 2. The Hall–Kier alpha value is -2.34. The Morgan fingerprint density at radius 2 is 1.95 bits per heavy atom. The van der Waals surface area contributed by atoms with Crippen LogP contribution in [0.25, 0.3) is 0 Å². The van der Waals surface area contributed by atoms with E-state index in [-0.39, 0.29) is 6.04 Å². The second-order valence-corrected chi connectivity index (χ2v) is 5.12. The normalized spacial score (nSPS) is 19.9. The summed E-state index contributed by atoms with van der Waals surface area (Å²) in [6.07, 6.45) is -0.390. The van der Waals surface area contributed by atoms with Crippen LogP contribution in [-0.4, -0.2) is 35.3 Å². The molecule has 6 nitrogen and oxygen atoms in total. The van der Waals surface area contributed by atoms with Gasteiger partial charge in [0.1, 0.15) is 12.2 Å². The first-order valence-electron chi connectivity index (χ1n) is 6.98. The third-order valence-corrected chi connectivity index (χ3v) is 3.67. The van der Waals surface area contributed by atoms with Gasteiger partial charge in [0.25, 0.3) is 0 Å². The number of esters is 1. The van der Waals surface area contributed by atoms with Crippen LogP contribution < -0.4 is 0 Å². The van der Waals surface area contributed by atoms with Gasteiger partial charge in [0, 0.05) is 0 Å². The average molecular weight is 305 g/mol. The molecule has 1 heterocycles. The quantitative estimate of drug-likeness (QED) is 0.863. The molecule has 1 aromatic carbocycles. The van der Waals surface area contributed by atoms with Gasteiger partial charge in [-0.15, -0.1) is 0 Å². The molecule has 1 aromatic rings. The molecule has 3 atom stereocenters. The molecule has 0 aromatic heterocycles. The Morgan fingerprint density at radius 3 is 2.50 bits per heavy atom. The van der Waals surface area contributed by atoms with Crippen LogP contribution in [0.4, 0.5) is 4.79 Å². The minimum atomic E-state index is -0.976. The van der Waals surface area contributed by atoms with Crippen molar-refractivity contribution < 1.29 is 24.2 Å². The summed E-state index contributed by atoms with van der Waals surface area (Å²) in [5.74, 6) is -1.50. The molecule has 0 saturated heterocycles. The molecule has 1 amide bonds. The second kappa shape index (κ2) is 6.62. The summed E-state index contributed by atoms with van der Waals surface area (Å²) in [7, 11) is 1.27. The van der Waals surface area contributed by atoms with Crippen LogP contribution in [0.3, 0.4) is 0 Å². The van der Waals surface area contributed by atoms with Gasteiger partial charge in [-0.25, -0.2) is 4.79 Å². The molecular formula is C16H19NO5. The number of amides is 1. The molecule has 1 aliphatic rings. The highest BCUT2D eigenvalue weighted by atomic mass is 16.5. The van der Waals surface area contributed by atoms with Crippen molar-refractivity contribution in [3.8, 4) is 0 Å². The van der Waals surface area contributed by atoms with Crippen molar-refractivity contribution in [3.05, 3.63) is 47.9 Å². The van der Waals surface area contributed by atoms with Gasteiger partial charge in [0.2, 0.25) is 0 Å². The summed E-state index contributed by atoms with van der Waals surface area (Å²) in [6.45, 7) is 3.29. The zero-order chi connectivity index (χ0) is 16.3. The average Bonchev–Trinajstić information content (AvgIpc) is 2.89. The first kappa shape index (κ1) is 16.0. The summed E-state index contributed by atoms with van der Waals surface area (Å²) >= 11 is 0. The Bertz CT molecular complexity index is 581. The molecule has 1 aliphatic heterocycles. The van der Waals surface area contributed by atoms with Crippen LogP contribution in [0.15, 0.2) is 42.3 Å². The standard InChI is InChI=1S/C16H19NO5/c1-10(12-7-5-4-6-8-12)17(16(20)21-3)13-9-22-15(19)14(13)11(2)18/h4-11,14,18H,1-3H3. The molecule has 1 N–H and O–H groups in total. The van der Waals surface area contributed by atoms with E-state index in [1.54, 1.807) is 0 Å². The van der Waals surface area contributed by atoms with Crippen LogP contribution in [0, 0.1) is 5.92 Å². The second-order valence-electron chi connectivity index (χ2n) is 5.12. The van der Waals surface area contributed by atoms with Crippen LogP contribution >= 0.6 is 0 Å². The fourth-order valence-electron chi connectivity index (χ4n) is 2.50. The third-order valence-electron chi connectivity index (χ3n) is 3.67. The fraction of sp³-hybridized carbons (Fsp3) is 0.375. The number of hydrogen-bond acceptors (Lipinski definition) is 5. The lowest BCUT2D eigenvalue weighted by Crippen LogP contribution is -2.38. The largest absolute Gasteiger partial charge is 0.452 e. The monoisotopic (exact) mass is 305 g/mol. The Kier molecular flexibility index (Phi) is 4.82. The van der Waals surface area contributed by atoms with Gasteiger partial charge in [-0.05, 0) is 19.4 Å². The number of ether oxygens (including phenoxy) is 2. The molecule has 0 radical (unpaired) electrons. The van der Waals surface area contributed by atoms with E-state index < -0.39 is 24.1 Å². The number of cyclic esters (lactones) is 1. The molecule has 0 aliphatic carbocycles. The molecule has 2 rings (SSSR count). The number of rotatable bonds is 4. The van der Waals surface area contributed by atoms with Crippen LogP contribution in [-0.2, 0) is 14.3 Å². The van der Waals surface area contributed by atoms with Crippen molar-refractivity contribution in [1.82, 2.24) is 4.90 Å². The SMILES string of the molecule is COC(=O)N(C1=COC(=O)C1C(C)O)C(C)c1ccccc1. The van der Waals surface area contributed by atoms with Crippen LogP contribution in [0.1, 0.15) is 25.5 Å². The molecular weight excluding hydrogens is 286 g/mol. The first-order chi connectivity index (χ1) is 10.5. The number of aliphatic hydroxyl groups excluding tert-OH is 1. The highest BCUT2D eigenvalue weighted by Gasteiger charge is 2.41. The fourth-order valence-corrected chi connectivity index (χ4v) is 2.50. The maximum Gasteiger partial charge on any atom is 0.414 e. The summed E-state index contributed by atoms with van der Waals surface area (Å²) < 4.78 is 9.72. The Balaban J connectivity index is 2.39. The lowest BCUT2D eigenvalue weighted by molar-refractivity contribution is -0.141. The highest BCUT2D eigenvalue weighted by molar-refractivity contribution is 5.82. The van der Waals surface area contributed by atoms with E-state index in [4.69, 9.17) is 9.47 Å².